The number of aliphatic hydroxyl groups is 2. The third-order valence-electron chi connectivity index (χ3n) is 12.2. The highest BCUT2D eigenvalue weighted by molar-refractivity contribution is 5.76. The van der Waals surface area contributed by atoms with Crippen LogP contribution in [0.5, 0.6) is 0 Å². The zero-order valence-corrected chi connectivity index (χ0v) is 40.6. The molecular weight excluding hydrogens is 755 g/mol. The van der Waals surface area contributed by atoms with Crippen LogP contribution < -0.4 is 5.32 Å². The van der Waals surface area contributed by atoms with E-state index in [2.05, 4.69) is 49.5 Å². The van der Waals surface area contributed by atoms with Gasteiger partial charge in [-0.25, -0.2) is 0 Å². The summed E-state index contributed by atoms with van der Waals surface area (Å²) in [6.45, 7) is 4.88. The van der Waals surface area contributed by atoms with Gasteiger partial charge in [0.2, 0.25) is 5.91 Å². The number of esters is 1. The van der Waals surface area contributed by atoms with Gasteiger partial charge in [0.05, 0.1) is 25.4 Å². The van der Waals surface area contributed by atoms with Crippen LogP contribution in [0.15, 0.2) is 36.5 Å². The Kier molecular flexibility index (Phi) is 49.1. The van der Waals surface area contributed by atoms with Crippen molar-refractivity contribution < 1.29 is 24.5 Å². The zero-order valence-electron chi connectivity index (χ0n) is 40.6. The van der Waals surface area contributed by atoms with Gasteiger partial charge in [-0.15, -0.1) is 0 Å². The van der Waals surface area contributed by atoms with Gasteiger partial charge in [0.25, 0.3) is 0 Å². The van der Waals surface area contributed by atoms with E-state index < -0.39 is 12.1 Å². The smallest absolute Gasteiger partial charge is 0.305 e. The summed E-state index contributed by atoms with van der Waals surface area (Å²) >= 11 is 0. The first-order valence-corrected chi connectivity index (χ1v) is 26.7. The Morgan fingerprint density at radius 1 is 0.459 bits per heavy atom. The van der Waals surface area contributed by atoms with Crippen LogP contribution in [0, 0.1) is 0 Å². The first kappa shape index (κ1) is 59.1. The molecule has 2 atom stereocenters. The molecule has 0 aromatic rings. The number of rotatable bonds is 49. The molecule has 0 rings (SSSR count). The van der Waals surface area contributed by atoms with Crippen LogP contribution in [0.2, 0.25) is 0 Å². The second kappa shape index (κ2) is 50.7. The fourth-order valence-corrected chi connectivity index (χ4v) is 8.04. The topological polar surface area (TPSA) is 95.9 Å². The number of nitrogens with one attached hydrogen (secondary N) is 1. The average molecular weight is 858 g/mol. The summed E-state index contributed by atoms with van der Waals surface area (Å²) in [4.78, 5) is 24.5. The van der Waals surface area contributed by atoms with E-state index in [1.54, 1.807) is 0 Å². The molecule has 61 heavy (non-hydrogen) atoms. The number of allylic oxidation sites excluding steroid dienone is 6. The molecule has 0 aliphatic rings. The number of amides is 1. The maximum atomic E-state index is 12.4. The standard InChI is InChI=1S/C55H103NO5/c1-3-5-7-9-11-13-15-17-18-19-20-21-25-29-33-37-41-45-49-55(60)61-50-46-42-38-34-30-26-22-24-28-32-36-40-44-48-54(59)56-52(51-57)53(58)47-43-39-35-31-27-23-16-14-12-10-8-6-4-2/h18-19,24,28,36,40,52-53,57-58H,3-17,20-23,25-27,29-35,37-39,41-51H2,1-2H3,(H,56,59)/b19-18-,28-24-,40-36-. The Morgan fingerprint density at radius 2 is 0.836 bits per heavy atom. The minimum Gasteiger partial charge on any atom is -0.466 e. The first-order valence-electron chi connectivity index (χ1n) is 26.7. The zero-order chi connectivity index (χ0) is 44.4. The highest BCUT2D eigenvalue weighted by Crippen LogP contribution is 2.16. The van der Waals surface area contributed by atoms with Crippen molar-refractivity contribution in [3.05, 3.63) is 36.5 Å². The molecule has 3 N–H and O–H groups in total. The van der Waals surface area contributed by atoms with Crippen molar-refractivity contribution in [1.82, 2.24) is 5.32 Å². The van der Waals surface area contributed by atoms with E-state index in [4.69, 9.17) is 4.74 Å². The van der Waals surface area contributed by atoms with E-state index in [0.717, 1.165) is 51.4 Å². The highest BCUT2D eigenvalue weighted by Gasteiger charge is 2.19. The molecule has 358 valence electrons. The largest absolute Gasteiger partial charge is 0.466 e. The molecule has 0 aromatic heterocycles. The van der Waals surface area contributed by atoms with Crippen LogP contribution >= 0.6 is 0 Å². The van der Waals surface area contributed by atoms with Gasteiger partial charge >= 0.3 is 5.97 Å². The predicted octanol–water partition coefficient (Wildman–Crippen LogP) is 16.1. The molecule has 0 fully saturated rings. The molecule has 0 aliphatic heterocycles. The third-order valence-corrected chi connectivity index (χ3v) is 12.2. The van der Waals surface area contributed by atoms with Gasteiger partial charge in [-0.2, -0.15) is 0 Å². The third kappa shape index (κ3) is 47.4. The number of carbonyl (C=O) groups is 2. The monoisotopic (exact) mass is 858 g/mol. The molecular formula is C55H103NO5. The summed E-state index contributed by atoms with van der Waals surface area (Å²) in [5.74, 6) is -0.137. The number of ether oxygens (including phenoxy) is 1. The van der Waals surface area contributed by atoms with Crippen molar-refractivity contribution in [2.45, 2.75) is 289 Å². The molecule has 0 aliphatic carbocycles. The van der Waals surface area contributed by atoms with E-state index in [0.29, 0.717) is 32.3 Å². The fourth-order valence-electron chi connectivity index (χ4n) is 8.04. The van der Waals surface area contributed by atoms with E-state index in [9.17, 15) is 19.8 Å². The fraction of sp³-hybridized carbons (Fsp3) is 0.855. The number of hydrogen-bond acceptors (Lipinski definition) is 5. The molecule has 0 bridgehead atoms. The van der Waals surface area contributed by atoms with Gasteiger partial charge in [-0.3, -0.25) is 9.59 Å². The van der Waals surface area contributed by atoms with Crippen LogP contribution in [0.1, 0.15) is 277 Å². The normalized spacial score (nSPS) is 12.9. The number of carbonyl (C=O) groups excluding carboxylic acids is 2. The van der Waals surface area contributed by atoms with Crippen molar-refractivity contribution in [1.29, 1.82) is 0 Å². The van der Waals surface area contributed by atoms with E-state index in [-0.39, 0.29) is 18.5 Å². The molecule has 0 heterocycles. The average Bonchev–Trinajstić information content (AvgIpc) is 3.26. The Bertz CT molecular complexity index is 993. The lowest BCUT2D eigenvalue weighted by Gasteiger charge is -2.22. The molecule has 6 heteroatoms. The summed E-state index contributed by atoms with van der Waals surface area (Å²) in [5.41, 5.74) is 0. The second-order valence-electron chi connectivity index (χ2n) is 18.2. The van der Waals surface area contributed by atoms with Crippen LogP contribution in [0.25, 0.3) is 0 Å². The molecule has 6 nitrogen and oxygen atoms in total. The van der Waals surface area contributed by atoms with Gasteiger partial charge in [0, 0.05) is 12.8 Å². The summed E-state index contributed by atoms with van der Waals surface area (Å²) in [7, 11) is 0. The SMILES string of the molecule is CCCCCCCCC/C=C\CCCCCCCCCC(=O)OCCCCCCCC/C=C\C/C=C\CCC(=O)NC(CO)C(O)CCCCCCCCCCCCCCC. The Hall–Kier alpha value is -1.92. The predicted molar refractivity (Wildman–Crippen MR) is 264 cm³/mol. The molecule has 0 saturated heterocycles. The lowest BCUT2D eigenvalue weighted by Crippen LogP contribution is -2.45. The Balaban J connectivity index is 3.53. The Morgan fingerprint density at radius 3 is 1.30 bits per heavy atom. The quantitative estimate of drug-likeness (QED) is 0.0322. The molecule has 0 spiro atoms. The number of unbranched alkanes of at least 4 members (excludes halogenated alkanes) is 32. The van der Waals surface area contributed by atoms with Crippen LogP contribution in [-0.4, -0.2) is 47.4 Å². The van der Waals surface area contributed by atoms with Gasteiger partial charge < -0.3 is 20.3 Å². The molecule has 0 saturated carbocycles. The second-order valence-corrected chi connectivity index (χ2v) is 18.2. The lowest BCUT2D eigenvalue weighted by molar-refractivity contribution is -0.143. The molecule has 2 unspecified atom stereocenters. The van der Waals surface area contributed by atoms with Crippen LogP contribution in [0.3, 0.4) is 0 Å². The maximum Gasteiger partial charge on any atom is 0.305 e. The maximum absolute atomic E-state index is 12.4. The van der Waals surface area contributed by atoms with Gasteiger partial charge in [0.15, 0.2) is 0 Å². The number of aliphatic hydroxyl groups excluding tert-OH is 2. The van der Waals surface area contributed by atoms with Gasteiger partial charge in [-0.05, 0) is 70.6 Å². The summed E-state index contributed by atoms with van der Waals surface area (Å²) in [6, 6.07) is -0.585. The van der Waals surface area contributed by atoms with Gasteiger partial charge in [-0.1, -0.05) is 230 Å². The van der Waals surface area contributed by atoms with E-state index in [1.165, 1.54) is 186 Å². The molecule has 0 aromatic carbocycles. The lowest BCUT2D eigenvalue weighted by atomic mass is 10.0. The van der Waals surface area contributed by atoms with Crippen LogP contribution in [-0.2, 0) is 14.3 Å². The summed E-state index contributed by atoms with van der Waals surface area (Å²) < 4.78 is 5.46. The van der Waals surface area contributed by atoms with Gasteiger partial charge in [0.1, 0.15) is 0 Å². The summed E-state index contributed by atoms with van der Waals surface area (Å²) in [6.07, 6.45) is 61.3. The van der Waals surface area contributed by atoms with Crippen LogP contribution in [0.4, 0.5) is 0 Å². The van der Waals surface area contributed by atoms with Crippen molar-refractivity contribution >= 4 is 11.9 Å². The van der Waals surface area contributed by atoms with E-state index >= 15 is 0 Å². The number of hydrogen-bond donors (Lipinski definition) is 3. The minimum absolute atomic E-state index is 0.0203. The summed E-state index contributed by atoms with van der Waals surface area (Å²) in [5, 5.41) is 23.1. The van der Waals surface area contributed by atoms with Crippen molar-refractivity contribution in [3.63, 3.8) is 0 Å². The highest BCUT2D eigenvalue weighted by atomic mass is 16.5. The molecule has 1 amide bonds. The first-order chi connectivity index (χ1) is 30.0. The molecule has 0 radical (unpaired) electrons. The minimum atomic E-state index is -0.698. The van der Waals surface area contributed by atoms with E-state index in [1.807, 2.05) is 6.08 Å². The van der Waals surface area contributed by atoms with Crippen molar-refractivity contribution in [2.75, 3.05) is 13.2 Å². The van der Waals surface area contributed by atoms with Crippen molar-refractivity contribution in [3.8, 4) is 0 Å². The Labute approximate surface area is 379 Å². The van der Waals surface area contributed by atoms with Crippen molar-refractivity contribution in [2.24, 2.45) is 0 Å².